The van der Waals surface area contributed by atoms with Gasteiger partial charge in [-0.15, -0.1) is 0 Å². The lowest BCUT2D eigenvalue weighted by Crippen LogP contribution is -2.39. The summed E-state index contributed by atoms with van der Waals surface area (Å²) < 4.78 is 16.4. The molecule has 4 aromatic heterocycles. The highest BCUT2D eigenvalue weighted by Gasteiger charge is 2.35. The standard InChI is InChI=1S/C28H27FN8O4/c1-34-13-15(10-22(34)38)14-35(26(39)17-2-8-20(29)30-12-17)21-9-3-16(11-31-21)24-32-23-25(33-24)36(18-4-5-18)28(41)37(27(23)40)19-6-7-19/h2-3,8-9,11-12,15,18-19H,4-7,10,13-14H2,1H3,(H,32,33). The molecule has 12 nitrogen and oxygen atoms in total. The van der Waals surface area contributed by atoms with E-state index < -0.39 is 11.9 Å². The van der Waals surface area contributed by atoms with Crippen LogP contribution in [0.25, 0.3) is 22.6 Å². The molecule has 210 valence electrons. The third-order valence-corrected chi connectivity index (χ3v) is 7.96. The number of fused-ring (bicyclic) bond motifs is 1. The fourth-order valence-corrected chi connectivity index (χ4v) is 5.52. The van der Waals surface area contributed by atoms with Gasteiger partial charge in [-0.1, -0.05) is 0 Å². The zero-order valence-electron chi connectivity index (χ0n) is 22.3. The highest BCUT2D eigenvalue weighted by Crippen LogP contribution is 2.37. The Kier molecular flexibility index (Phi) is 5.84. The average molecular weight is 559 g/mol. The van der Waals surface area contributed by atoms with Gasteiger partial charge in [0.2, 0.25) is 11.9 Å². The van der Waals surface area contributed by atoms with Gasteiger partial charge in [0.1, 0.15) is 17.2 Å². The average Bonchev–Trinajstić information content (AvgIpc) is 3.89. The monoisotopic (exact) mass is 558 g/mol. The minimum Gasteiger partial charge on any atom is -0.345 e. The van der Waals surface area contributed by atoms with E-state index in [9.17, 15) is 23.6 Å². The smallest absolute Gasteiger partial charge is 0.333 e. The molecule has 1 N–H and O–H groups in total. The lowest BCUT2D eigenvalue weighted by Gasteiger charge is -2.25. The van der Waals surface area contributed by atoms with E-state index in [2.05, 4.69) is 19.9 Å². The Hall–Kier alpha value is -4.68. The third-order valence-electron chi connectivity index (χ3n) is 7.96. The number of anilines is 1. The first kappa shape index (κ1) is 25.3. The van der Waals surface area contributed by atoms with Gasteiger partial charge in [0, 0.05) is 62.5 Å². The molecule has 1 atom stereocenters. The number of halogens is 1. The second kappa shape index (κ2) is 9.46. The number of H-pyrrole nitrogens is 1. The number of rotatable bonds is 7. The van der Waals surface area contributed by atoms with Crippen molar-refractivity contribution in [1.29, 1.82) is 0 Å². The molecule has 0 bridgehead atoms. The second-order valence-corrected chi connectivity index (χ2v) is 11.1. The number of imidazole rings is 1. The van der Waals surface area contributed by atoms with Gasteiger partial charge in [-0.25, -0.2) is 19.7 Å². The van der Waals surface area contributed by atoms with E-state index >= 15 is 0 Å². The molecule has 5 heterocycles. The molecular weight excluding hydrogens is 531 g/mol. The van der Waals surface area contributed by atoms with Crippen LogP contribution in [0.3, 0.4) is 0 Å². The summed E-state index contributed by atoms with van der Waals surface area (Å²) in [5.41, 5.74) is 0.723. The molecule has 0 radical (unpaired) electrons. The molecule has 7 rings (SSSR count). The van der Waals surface area contributed by atoms with E-state index in [0.717, 1.165) is 31.7 Å². The van der Waals surface area contributed by atoms with E-state index in [1.807, 2.05) is 0 Å². The van der Waals surface area contributed by atoms with Gasteiger partial charge in [-0.05, 0) is 49.9 Å². The fraction of sp³-hybridized carbons (Fsp3) is 0.393. The van der Waals surface area contributed by atoms with Gasteiger partial charge >= 0.3 is 5.69 Å². The molecule has 1 saturated heterocycles. The zero-order valence-corrected chi connectivity index (χ0v) is 22.3. The first-order chi connectivity index (χ1) is 19.8. The number of carbonyl (C=O) groups excluding carboxylic acids is 2. The first-order valence-corrected chi connectivity index (χ1v) is 13.7. The lowest BCUT2D eigenvalue weighted by atomic mass is 10.1. The maximum atomic E-state index is 13.5. The Morgan fingerprint density at radius 3 is 2.39 bits per heavy atom. The van der Waals surface area contributed by atoms with Gasteiger partial charge in [0.25, 0.3) is 11.5 Å². The van der Waals surface area contributed by atoms with Crippen LogP contribution < -0.4 is 16.1 Å². The van der Waals surface area contributed by atoms with Gasteiger partial charge in [0.05, 0.1) is 5.56 Å². The van der Waals surface area contributed by atoms with Crippen LogP contribution in [-0.4, -0.2) is 65.9 Å². The molecule has 3 fully saturated rings. The topological polar surface area (TPSA) is 139 Å². The maximum absolute atomic E-state index is 13.5. The van der Waals surface area contributed by atoms with Crippen LogP contribution in [0.1, 0.15) is 54.5 Å². The Labute approximate surface area is 232 Å². The number of pyridine rings is 2. The quantitative estimate of drug-likeness (QED) is 0.343. The van der Waals surface area contributed by atoms with Gasteiger partial charge in [0.15, 0.2) is 5.65 Å². The van der Waals surface area contributed by atoms with Crippen molar-refractivity contribution in [2.45, 2.75) is 44.2 Å². The number of aromatic nitrogens is 6. The summed E-state index contributed by atoms with van der Waals surface area (Å²) in [6.07, 6.45) is 6.38. The Morgan fingerprint density at radius 2 is 1.78 bits per heavy atom. The van der Waals surface area contributed by atoms with Gasteiger partial charge in [-0.3, -0.25) is 28.4 Å². The Bertz CT molecular complexity index is 1800. The number of hydrogen-bond donors (Lipinski definition) is 1. The number of nitrogens with zero attached hydrogens (tertiary/aromatic N) is 7. The number of carbonyl (C=O) groups is 2. The van der Waals surface area contributed by atoms with E-state index in [0.29, 0.717) is 35.8 Å². The van der Waals surface area contributed by atoms with Crippen molar-refractivity contribution in [2.75, 3.05) is 25.0 Å². The van der Waals surface area contributed by atoms with Gasteiger partial charge < -0.3 is 9.88 Å². The largest absolute Gasteiger partial charge is 0.345 e. The van der Waals surface area contributed by atoms with Crippen LogP contribution in [-0.2, 0) is 4.79 Å². The van der Waals surface area contributed by atoms with Crippen molar-refractivity contribution in [3.8, 4) is 11.4 Å². The van der Waals surface area contributed by atoms with E-state index in [1.165, 1.54) is 21.7 Å². The molecule has 41 heavy (non-hydrogen) atoms. The van der Waals surface area contributed by atoms with Crippen molar-refractivity contribution in [3.63, 3.8) is 0 Å². The minimum atomic E-state index is -0.694. The normalized spacial score (nSPS) is 18.8. The zero-order chi connectivity index (χ0) is 28.4. The third kappa shape index (κ3) is 4.50. The molecule has 4 aromatic rings. The highest BCUT2D eigenvalue weighted by atomic mass is 19.1. The molecule has 1 aliphatic heterocycles. The molecular formula is C28H27FN8O4. The predicted molar refractivity (Wildman–Crippen MR) is 146 cm³/mol. The van der Waals surface area contributed by atoms with E-state index in [1.54, 1.807) is 34.8 Å². The van der Waals surface area contributed by atoms with Crippen LogP contribution in [0.4, 0.5) is 10.2 Å². The predicted octanol–water partition coefficient (Wildman–Crippen LogP) is 2.28. The molecule has 2 amide bonds. The summed E-state index contributed by atoms with van der Waals surface area (Å²) in [5, 5.41) is 0. The summed E-state index contributed by atoms with van der Waals surface area (Å²) in [6.45, 7) is 0.736. The van der Waals surface area contributed by atoms with Gasteiger partial charge in [-0.2, -0.15) is 4.39 Å². The summed E-state index contributed by atoms with van der Waals surface area (Å²) in [4.78, 5) is 71.0. The number of likely N-dealkylation sites (tertiary alicyclic amines) is 1. The number of amides is 2. The SMILES string of the molecule is CN1CC(CN(C(=O)c2ccc(F)nc2)c2ccc(-c3nc4c([nH]3)c(=O)n(C3CC3)c(=O)n4C3CC3)cn2)CC1=O. The summed E-state index contributed by atoms with van der Waals surface area (Å²) in [7, 11) is 1.72. The van der Waals surface area contributed by atoms with Crippen LogP contribution in [0.15, 0.2) is 46.2 Å². The number of aromatic amines is 1. The minimum absolute atomic E-state index is 0.00413. The van der Waals surface area contributed by atoms with Crippen LogP contribution in [0, 0.1) is 11.9 Å². The summed E-state index contributed by atoms with van der Waals surface area (Å²) in [6, 6.07) is 5.85. The molecule has 13 heteroatoms. The summed E-state index contributed by atoms with van der Waals surface area (Å²) >= 11 is 0. The molecule has 2 aliphatic carbocycles. The van der Waals surface area contributed by atoms with Crippen molar-refractivity contribution in [2.24, 2.45) is 5.92 Å². The maximum Gasteiger partial charge on any atom is 0.333 e. The molecule has 2 saturated carbocycles. The number of hydrogen-bond acceptors (Lipinski definition) is 7. The molecule has 0 spiro atoms. The Morgan fingerprint density at radius 1 is 1.02 bits per heavy atom. The number of nitrogens with one attached hydrogen (secondary N) is 1. The van der Waals surface area contributed by atoms with Crippen molar-refractivity contribution >= 4 is 28.8 Å². The van der Waals surface area contributed by atoms with Crippen molar-refractivity contribution in [1.82, 2.24) is 34.0 Å². The lowest BCUT2D eigenvalue weighted by molar-refractivity contribution is -0.126. The molecule has 1 unspecified atom stereocenters. The fourth-order valence-electron chi connectivity index (χ4n) is 5.52. The second-order valence-electron chi connectivity index (χ2n) is 11.1. The summed E-state index contributed by atoms with van der Waals surface area (Å²) in [5.74, 6) is -0.480. The molecule has 3 aliphatic rings. The van der Waals surface area contributed by atoms with Crippen molar-refractivity contribution in [3.05, 3.63) is 69.0 Å². The molecule has 0 aromatic carbocycles. The van der Waals surface area contributed by atoms with Crippen LogP contribution in [0.5, 0.6) is 0 Å². The first-order valence-electron chi connectivity index (χ1n) is 13.7. The van der Waals surface area contributed by atoms with E-state index in [-0.39, 0.29) is 52.8 Å². The van der Waals surface area contributed by atoms with Crippen LogP contribution in [0.2, 0.25) is 0 Å². The van der Waals surface area contributed by atoms with Crippen LogP contribution >= 0.6 is 0 Å². The van der Waals surface area contributed by atoms with Crippen molar-refractivity contribution < 1.29 is 14.0 Å². The van der Waals surface area contributed by atoms with E-state index in [4.69, 9.17) is 0 Å². The highest BCUT2D eigenvalue weighted by molar-refractivity contribution is 6.05. The Balaban J connectivity index is 1.24.